The van der Waals surface area contributed by atoms with Crippen molar-refractivity contribution in [1.82, 2.24) is 5.32 Å². The molecule has 0 saturated carbocycles. The molecular weight excluding hydrogens is 242 g/mol. The monoisotopic (exact) mass is 265 g/mol. The highest BCUT2D eigenvalue weighted by atomic mass is 16.5. The van der Waals surface area contributed by atoms with Crippen LogP contribution in [0.4, 0.5) is 0 Å². The maximum absolute atomic E-state index is 9.40. The number of aliphatic hydroxyl groups is 2. The van der Waals surface area contributed by atoms with Crippen molar-refractivity contribution in [1.29, 1.82) is 0 Å². The summed E-state index contributed by atoms with van der Waals surface area (Å²) in [6, 6.07) is 6.21. The first-order valence-electron chi connectivity index (χ1n) is 6.85. The average molecular weight is 265 g/mol. The summed E-state index contributed by atoms with van der Waals surface area (Å²) in [4.78, 5) is 0. The second-order valence-electron chi connectivity index (χ2n) is 5.39. The summed E-state index contributed by atoms with van der Waals surface area (Å²) in [5.74, 6) is 0.951. The molecule has 1 unspecified atom stereocenters. The molecular formula is C15H23NO3. The molecule has 0 radical (unpaired) electrons. The Morgan fingerprint density at radius 3 is 2.74 bits per heavy atom. The Hall–Kier alpha value is -1.10. The summed E-state index contributed by atoms with van der Waals surface area (Å²) in [6.45, 7) is 4.51. The van der Waals surface area contributed by atoms with Crippen LogP contribution in [0.25, 0.3) is 0 Å². The first-order valence-corrected chi connectivity index (χ1v) is 6.85. The van der Waals surface area contributed by atoms with Gasteiger partial charge >= 0.3 is 0 Å². The molecule has 1 aliphatic rings. The van der Waals surface area contributed by atoms with E-state index in [9.17, 15) is 10.2 Å². The number of nitrogens with one attached hydrogen (secondary N) is 1. The van der Waals surface area contributed by atoms with Crippen molar-refractivity contribution in [2.75, 3.05) is 19.8 Å². The standard InChI is InChI=1S/C15H23NO3/c1-3-15(9-17,10-18)16-8-13-7-12-6-11(2)4-5-14(12)19-13/h4-6,13,16-18H,3,7-10H2,1-2H3. The van der Waals surface area contributed by atoms with Crippen LogP contribution in [0.3, 0.4) is 0 Å². The van der Waals surface area contributed by atoms with Crippen LogP contribution in [0.5, 0.6) is 5.75 Å². The van der Waals surface area contributed by atoms with Crippen molar-refractivity contribution in [3.05, 3.63) is 29.3 Å². The summed E-state index contributed by atoms with van der Waals surface area (Å²) in [5, 5.41) is 22.0. The van der Waals surface area contributed by atoms with Gasteiger partial charge in [0.1, 0.15) is 11.9 Å². The Bertz CT molecular complexity index is 421. The van der Waals surface area contributed by atoms with Gasteiger partial charge in [0.2, 0.25) is 0 Å². The lowest BCUT2D eigenvalue weighted by molar-refractivity contribution is 0.0776. The lowest BCUT2D eigenvalue weighted by Gasteiger charge is -2.31. The van der Waals surface area contributed by atoms with Crippen molar-refractivity contribution >= 4 is 0 Å². The average Bonchev–Trinajstić information content (AvgIpc) is 2.83. The molecule has 1 heterocycles. The van der Waals surface area contributed by atoms with Gasteiger partial charge in [0.15, 0.2) is 0 Å². The number of hydrogen-bond acceptors (Lipinski definition) is 4. The van der Waals surface area contributed by atoms with Gasteiger partial charge in [-0.3, -0.25) is 0 Å². The second kappa shape index (κ2) is 5.90. The van der Waals surface area contributed by atoms with Gasteiger partial charge in [-0.25, -0.2) is 0 Å². The molecule has 106 valence electrons. The van der Waals surface area contributed by atoms with E-state index in [0.29, 0.717) is 13.0 Å². The van der Waals surface area contributed by atoms with E-state index in [1.807, 2.05) is 19.1 Å². The maximum Gasteiger partial charge on any atom is 0.123 e. The Balaban J connectivity index is 1.93. The van der Waals surface area contributed by atoms with Gasteiger partial charge in [-0.05, 0) is 25.0 Å². The summed E-state index contributed by atoms with van der Waals surface area (Å²) in [5.41, 5.74) is 1.88. The Labute approximate surface area is 114 Å². The smallest absolute Gasteiger partial charge is 0.123 e. The van der Waals surface area contributed by atoms with Crippen LogP contribution >= 0.6 is 0 Å². The Morgan fingerprint density at radius 2 is 2.11 bits per heavy atom. The van der Waals surface area contributed by atoms with Gasteiger partial charge in [-0.2, -0.15) is 0 Å². The third-order valence-electron chi connectivity index (χ3n) is 3.94. The summed E-state index contributed by atoms with van der Waals surface area (Å²) in [6.07, 6.45) is 1.63. The van der Waals surface area contributed by atoms with Gasteiger partial charge in [0.05, 0.1) is 18.8 Å². The minimum absolute atomic E-state index is 0.0702. The van der Waals surface area contributed by atoms with E-state index in [-0.39, 0.29) is 19.3 Å². The molecule has 1 aliphatic heterocycles. The molecule has 0 amide bonds. The number of aliphatic hydroxyl groups excluding tert-OH is 2. The van der Waals surface area contributed by atoms with Crippen molar-refractivity contribution in [2.45, 2.75) is 38.3 Å². The highest BCUT2D eigenvalue weighted by Crippen LogP contribution is 2.29. The molecule has 0 fully saturated rings. The predicted octanol–water partition coefficient (Wildman–Crippen LogP) is 1.02. The minimum atomic E-state index is -0.603. The van der Waals surface area contributed by atoms with E-state index in [4.69, 9.17) is 4.74 Å². The number of benzene rings is 1. The molecule has 0 aromatic heterocycles. The maximum atomic E-state index is 9.40. The molecule has 0 aliphatic carbocycles. The van der Waals surface area contributed by atoms with Crippen LogP contribution in [-0.4, -0.2) is 41.6 Å². The van der Waals surface area contributed by atoms with E-state index >= 15 is 0 Å². The van der Waals surface area contributed by atoms with Gasteiger partial charge in [-0.15, -0.1) is 0 Å². The van der Waals surface area contributed by atoms with Crippen LogP contribution in [0.2, 0.25) is 0 Å². The van der Waals surface area contributed by atoms with E-state index in [2.05, 4.69) is 18.3 Å². The van der Waals surface area contributed by atoms with Crippen LogP contribution in [-0.2, 0) is 6.42 Å². The van der Waals surface area contributed by atoms with E-state index in [0.717, 1.165) is 12.2 Å². The molecule has 4 heteroatoms. The molecule has 1 aromatic rings. The lowest BCUT2D eigenvalue weighted by atomic mass is 9.98. The highest BCUT2D eigenvalue weighted by Gasteiger charge is 2.29. The van der Waals surface area contributed by atoms with E-state index in [1.165, 1.54) is 11.1 Å². The normalized spacial score (nSPS) is 18.2. The third-order valence-corrected chi connectivity index (χ3v) is 3.94. The second-order valence-corrected chi connectivity index (χ2v) is 5.39. The molecule has 19 heavy (non-hydrogen) atoms. The zero-order valence-electron chi connectivity index (χ0n) is 11.6. The van der Waals surface area contributed by atoms with Crippen molar-refractivity contribution < 1.29 is 14.9 Å². The first-order chi connectivity index (χ1) is 9.12. The first kappa shape index (κ1) is 14.3. The number of ether oxygens (including phenoxy) is 1. The topological polar surface area (TPSA) is 61.7 Å². The summed E-state index contributed by atoms with van der Waals surface area (Å²) >= 11 is 0. The molecule has 0 spiro atoms. The number of aryl methyl sites for hydroxylation is 1. The molecule has 0 bridgehead atoms. The molecule has 1 atom stereocenters. The zero-order chi connectivity index (χ0) is 13.9. The lowest BCUT2D eigenvalue weighted by Crippen LogP contribution is -2.53. The van der Waals surface area contributed by atoms with Gasteiger partial charge in [0.25, 0.3) is 0 Å². The zero-order valence-corrected chi connectivity index (χ0v) is 11.6. The van der Waals surface area contributed by atoms with Crippen molar-refractivity contribution in [2.24, 2.45) is 0 Å². The molecule has 2 rings (SSSR count). The largest absolute Gasteiger partial charge is 0.488 e. The Kier molecular flexibility index (Phi) is 4.45. The third kappa shape index (κ3) is 3.08. The number of fused-ring (bicyclic) bond motifs is 1. The number of hydrogen-bond donors (Lipinski definition) is 3. The van der Waals surface area contributed by atoms with E-state index in [1.54, 1.807) is 0 Å². The molecule has 0 saturated heterocycles. The van der Waals surface area contributed by atoms with E-state index < -0.39 is 5.54 Å². The fraction of sp³-hybridized carbons (Fsp3) is 0.600. The molecule has 3 N–H and O–H groups in total. The SMILES string of the molecule is CCC(CO)(CO)NCC1Cc2cc(C)ccc2O1. The fourth-order valence-electron chi connectivity index (χ4n) is 2.40. The Morgan fingerprint density at radius 1 is 1.37 bits per heavy atom. The summed E-state index contributed by atoms with van der Waals surface area (Å²) in [7, 11) is 0. The van der Waals surface area contributed by atoms with Crippen LogP contribution in [0, 0.1) is 6.92 Å². The highest BCUT2D eigenvalue weighted by molar-refractivity contribution is 5.40. The quantitative estimate of drug-likeness (QED) is 0.719. The molecule has 4 nitrogen and oxygen atoms in total. The molecule has 1 aromatic carbocycles. The minimum Gasteiger partial charge on any atom is -0.488 e. The van der Waals surface area contributed by atoms with Gasteiger partial charge in [-0.1, -0.05) is 24.6 Å². The van der Waals surface area contributed by atoms with Crippen LogP contribution in [0.1, 0.15) is 24.5 Å². The van der Waals surface area contributed by atoms with Crippen molar-refractivity contribution in [3.63, 3.8) is 0 Å². The van der Waals surface area contributed by atoms with Gasteiger partial charge < -0.3 is 20.3 Å². The number of rotatable bonds is 6. The predicted molar refractivity (Wildman–Crippen MR) is 74.5 cm³/mol. The fourth-order valence-corrected chi connectivity index (χ4v) is 2.40. The summed E-state index contributed by atoms with van der Waals surface area (Å²) < 4.78 is 5.87. The van der Waals surface area contributed by atoms with Crippen molar-refractivity contribution in [3.8, 4) is 5.75 Å². The van der Waals surface area contributed by atoms with Crippen LogP contribution in [0.15, 0.2) is 18.2 Å². The van der Waals surface area contributed by atoms with Gasteiger partial charge in [0, 0.05) is 13.0 Å². The van der Waals surface area contributed by atoms with Crippen LogP contribution < -0.4 is 10.1 Å².